The monoisotopic (exact) mass is 386 g/mol. The third-order valence-electron chi connectivity index (χ3n) is 4.65. The third-order valence-corrected chi connectivity index (χ3v) is 7.69. The number of para-hydroxylation sites is 1. The van der Waals surface area contributed by atoms with Crippen LogP contribution in [0.25, 0.3) is 10.2 Å². The minimum absolute atomic E-state index is 0.147. The fourth-order valence-corrected chi connectivity index (χ4v) is 6.21. The molecule has 1 atom stereocenters. The molecular weight excluding hydrogens is 368 g/mol. The zero-order chi connectivity index (χ0) is 18.3. The van der Waals surface area contributed by atoms with Crippen molar-refractivity contribution >= 4 is 37.4 Å². The van der Waals surface area contributed by atoms with Crippen LogP contribution < -0.4 is 0 Å². The molecule has 1 aliphatic rings. The number of sulfonamides is 1. The Balaban J connectivity index is 1.73. The van der Waals surface area contributed by atoms with Gasteiger partial charge in [-0.25, -0.2) is 13.4 Å². The van der Waals surface area contributed by atoms with E-state index in [4.69, 9.17) is 0 Å². The van der Waals surface area contributed by atoms with Crippen LogP contribution in [0.4, 0.5) is 0 Å². The van der Waals surface area contributed by atoms with Crippen LogP contribution in [0.2, 0.25) is 0 Å². The highest BCUT2D eigenvalue weighted by Crippen LogP contribution is 2.39. The molecule has 0 N–H and O–H groups in total. The number of carbonyl (C=O) groups is 1. The summed E-state index contributed by atoms with van der Waals surface area (Å²) in [5.74, 6) is -0.147. The van der Waals surface area contributed by atoms with Gasteiger partial charge in [0, 0.05) is 12.1 Å². The second-order valence-corrected chi connectivity index (χ2v) is 9.33. The van der Waals surface area contributed by atoms with Gasteiger partial charge in [0.2, 0.25) is 10.0 Å². The van der Waals surface area contributed by atoms with Crippen LogP contribution in [-0.4, -0.2) is 30.0 Å². The molecule has 4 rings (SSSR count). The molecule has 0 aliphatic carbocycles. The van der Waals surface area contributed by atoms with E-state index in [1.54, 1.807) is 29.5 Å². The molecule has 26 heavy (non-hydrogen) atoms. The molecule has 0 saturated carbocycles. The van der Waals surface area contributed by atoms with Gasteiger partial charge in [0.05, 0.1) is 21.2 Å². The predicted molar refractivity (Wildman–Crippen MR) is 102 cm³/mol. The van der Waals surface area contributed by atoms with Gasteiger partial charge in [-0.3, -0.25) is 4.79 Å². The molecule has 1 aromatic heterocycles. The standard InChI is InChI=1S/C19H18N2O3S2/c1-13(22)14-6-4-7-15(12-14)26(23,24)21-11-5-9-17(21)19-20-16-8-2-3-10-18(16)25-19/h2-4,6-8,10,12,17H,5,9,11H2,1H3. The van der Waals surface area contributed by atoms with Crippen LogP contribution in [0.1, 0.15) is 41.2 Å². The maximum absolute atomic E-state index is 13.2. The first-order valence-electron chi connectivity index (χ1n) is 8.45. The van der Waals surface area contributed by atoms with Crippen molar-refractivity contribution < 1.29 is 13.2 Å². The smallest absolute Gasteiger partial charge is 0.243 e. The lowest BCUT2D eigenvalue weighted by Gasteiger charge is -2.22. The largest absolute Gasteiger partial charge is 0.295 e. The molecule has 5 nitrogen and oxygen atoms in total. The number of rotatable bonds is 4. The Morgan fingerprint density at radius 3 is 2.77 bits per heavy atom. The van der Waals surface area contributed by atoms with Crippen LogP contribution in [-0.2, 0) is 10.0 Å². The summed E-state index contributed by atoms with van der Waals surface area (Å²) < 4.78 is 29.0. The highest BCUT2D eigenvalue weighted by Gasteiger charge is 2.38. The molecule has 2 heterocycles. The summed E-state index contributed by atoms with van der Waals surface area (Å²) in [7, 11) is -3.68. The second-order valence-electron chi connectivity index (χ2n) is 6.38. The number of aromatic nitrogens is 1. The fourth-order valence-electron chi connectivity index (χ4n) is 3.32. The van der Waals surface area contributed by atoms with E-state index in [1.807, 2.05) is 24.3 Å². The summed E-state index contributed by atoms with van der Waals surface area (Å²) in [6.07, 6.45) is 1.55. The van der Waals surface area contributed by atoms with E-state index in [2.05, 4.69) is 4.98 Å². The number of hydrogen-bond donors (Lipinski definition) is 0. The molecule has 134 valence electrons. The Kier molecular flexibility index (Phi) is 4.38. The lowest BCUT2D eigenvalue weighted by molar-refractivity contribution is 0.101. The molecule has 0 radical (unpaired) electrons. The number of Topliss-reactive ketones (excluding diaryl/α,β-unsaturated/α-hetero) is 1. The van der Waals surface area contributed by atoms with Crippen LogP contribution in [0.5, 0.6) is 0 Å². The van der Waals surface area contributed by atoms with Crippen molar-refractivity contribution in [2.45, 2.75) is 30.7 Å². The number of ketones is 1. The van der Waals surface area contributed by atoms with Gasteiger partial charge in [-0.15, -0.1) is 11.3 Å². The van der Waals surface area contributed by atoms with Crippen molar-refractivity contribution in [2.24, 2.45) is 0 Å². The van der Waals surface area contributed by atoms with E-state index < -0.39 is 10.0 Å². The Morgan fingerprint density at radius 1 is 1.19 bits per heavy atom. The normalized spacial score (nSPS) is 18.4. The molecular formula is C19H18N2O3S2. The highest BCUT2D eigenvalue weighted by molar-refractivity contribution is 7.89. The quantitative estimate of drug-likeness (QED) is 0.635. The fraction of sp³-hybridized carbons (Fsp3) is 0.263. The van der Waals surface area contributed by atoms with Crippen molar-refractivity contribution in [3.63, 3.8) is 0 Å². The van der Waals surface area contributed by atoms with Crippen molar-refractivity contribution in [3.05, 3.63) is 59.1 Å². The van der Waals surface area contributed by atoms with Gasteiger partial charge >= 0.3 is 0 Å². The summed E-state index contributed by atoms with van der Waals surface area (Å²) >= 11 is 1.55. The van der Waals surface area contributed by atoms with Crippen molar-refractivity contribution in [1.82, 2.24) is 9.29 Å². The second kappa shape index (κ2) is 6.57. The number of benzene rings is 2. The van der Waals surface area contributed by atoms with E-state index >= 15 is 0 Å². The van der Waals surface area contributed by atoms with Crippen LogP contribution in [0.3, 0.4) is 0 Å². The maximum Gasteiger partial charge on any atom is 0.243 e. The van der Waals surface area contributed by atoms with Crippen LogP contribution >= 0.6 is 11.3 Å². The minimum atomic E-state index is -3.68. The average molecular weight is 386 g/mol. The summed E-state index contributed by atoms with van der Waals surface area (Å²) in [6.45, 7) is 1.90. The average Bonchev–Trinajstić information content (AvgIpc) is 3.28. The first kappa shape index (κ1) is 17.3. The van der Waals surface area contributed by atoms with Gasteiger partial charge in [-0.05, 0) is 44.0 Å². The number of nitrogens with zero attached hydrogens (tertiary/aromatic N) is 2. The number of carbonyl (C=O) groups excluding carboxylic acids is 1. The number of fused-ring (bicyclic) bond motifs is 1. The summed E-state index contributed by atoms with van der Waals surface area (Å²) in [5, 5.41) is 0.829. The molecule has 7 heteroatoms. The first-order valence-corrected chi connectivity index (χ1v) is 10.7. The van der Waals surface area contributed by atoms with Crippen molar-refractivity contribution in [2.75, 3.05) is 6.54 Å². The van der Waals surface area contributed by atoms with Gasteiger partial charge in [0.25, 0.3) is 0 Å². The summed E-state index contributed by atoms with van der Waals surface area (Å²) in [5.41, 5.74) is 1.30. The van der Waals surface area contributed by atoms with Crippen molar-refractivity contribution in [3.8, 4) is 0 Å². The summed E-state index contributed by atoms with van der Waals surface area (Å²) in [4.78, 5) is 16.4. The topological polar surface area (TPSA) is 67.3 Å². The zero-order valence-electron chi connectivity index (χ0n) is 14.3. The molecule has 0 bridgehead atoms. The molecule has 1 saturated heterocycles. The molecule has 1 aliphatic heterocycles. The van der Waals surface area contributed by atoms with Gasteiger partial charge in [0.15, 0.2) is 5.78 Å². The van der Waals surface area contributed by atoms with E-state index in [0.29, 0.717) is 12.1 Å². The molecule has 2 aromatic carbocycles. The lowest BCUT2D eigenvalue weighted by Crippen LogP contribution is -2.30. The van der Waals surface area contributed by atoms with Gasteiger partial charge < -0.3 is 0 Å². The Bertz CT molecular complexity index is 1060. The molecule has 1 fully saturated rings. The molecule has 3 aromatic rings. The molecule has 0 spiro atoms. The minimum Gasteiger partial charge on any atom is -0.295 e. The van der Waals surface area contributed by atoms with E-state index in [-0.39, 0.29) is 16.7 Å². The van der Waals surface area contributed by atoms with Gasteiger partial charge in [-0.1, -0.05) is 24.3 Å². The Labute approximate surface area is 156 Å². The summed E-state index contributed by atoms with van der Waals surface area (Å²) in [6, 6.07) is 13.9. The maximum atomic E-state index is 13.2. The number of thiazole rings is 1. The van der Waals surface area contributed by atoms with E-state index in [9.17, 15) is 13.2 Å². The lowest BCUT2D eigenvalue weighted by atomic mass is 10.2. The zero-order valence-corrected chi connectivity index (χ0v) is 15.9. The van der Waals surface area contributed by atoms with Gasteiger partial charge in [-0.2, -0.15) is 4.31 Å². The van der Waals surface area contributed by atoms with Crippen molar-refractivity contribution in [1.29, 1.82) is 0 Å². The van der Waals surface area contributed by atoms with Crippen LogP contribution in [0, 0.1) is 0 Å². The Hall–Kier alpha value is -2.09. The van der Waals surface area contributed by atoms with Crippen LogP contribution in [0.15, 0.2) is 53.4 Å². The number of hydrogen-bond acceptors (Lipinski definition) is 5. The van der Waals surface area contributed by atoms with E-state index in [1.165, 1.54) is 17.3 Å². The van der Waals surface area contributed by atoms with E-state index in [0.717, 1.165) is 28.1 Å². The SMILES string of the molecule is CC(=O)c1cccc(S(=O)(=O)N2CCCC2c2nc3ccccc3s2)c1. The molecule has 1 unspecified atom stereocenters. The first-order chi connectivity index (χ1) is 12.5. The third kappa shape index (κ3) is 2.96. The highest BCUT2D eigenvalue weighted by atomic mass is 32.2. The predicted octanol–water partition coefficient (Wildman–Crippen LogP) is 4.02. The van der Waals surface area contributed by atoms with Gasteiger partial charge in [0.1, 0.15) is 5.01 Å². The Morgan fingerprint density at radius 2 is 2.00 bits per heavy atom. The molecule has 0 amide bonds.